The molecule has 0 aromatic rings. The molecule has 11 heavy (non-hydrogen) atoms. The molecule has 0 amide bonds. The molecule has 0 aliphatic rings. The summed E-state index contributed by atoms with van der Waals surface area (Å²) in [6.07, 6.45) is 3.09. The molecule has 5 N–H and O–H groups in total. The van der Waals surface area contributed by atoms with Gasteiger partial charge in [-0.3, -0.25) is 0 Å². The molecular formula is C7H17N3O. The Morgan fingerprint density at radius 1 is 1.45 bits per heavy atom. The first kappa shape index (κ1) is 10.3. The van der Waals surface area contributed by atoms with Crippen LogP contribution in [0.3, 0.4) is 0 Å². The van der Waals surface area contributed by atoms with Gasteiger partial charge in [-0.2, -0.15) is 0 Å². The van der Waals surface area contributed by atoms with E-state index in [1.165, 1.54) is 0 Å². The van der Waals surface area contributed by atoms with Crippen LogP contribution < -0.4 is 16.4 Å². The molecule has 0 fully saturated rings. The maximum Gasteiger partial charge on any atom is 0.0834 e. The first-order valence-corrected chi connectivity index (χ1v) is 3.81. The third-order valence-corrected chi connectivity index (χ3v) is 1.15. The topological polar surface area (TPSA) is 70.3 Å². The van der Waals surface area contributed by atoms with Gasteiger partial charge in [0.1, 0.15) is 0 Å². The van der Waals surface area contributed by atoms with Crippen molar-refractivity contribution in [1.82, 2.24) is 10.6 Å². The van der Waals surface area contributed by atoms with E-state index in [-0.39, 0.29) is 0 Å². The fourth-order valence-corrected chi connectivity index (χ4v) is 0.523. The quantitative estimate of drug-likeness (QED) is 0.400. The lowest BCUT2D eigenvalue weighted by molar-refractivity contribution is 0.184. The molecule has 0 aromatic heterocycles. The lowest BCUT2D eigenvalue weighted by Crippen LogP contribution is -2.30. The van der Waals surface area contributed by atoms with Crippen LogP contribution in [0.2, 0.25) is 0 Å². The van der Waals surface area contributed by atoms with Gasteiger partial charge in [-0.05, 0) is 6.92 Å². The molecule has 4 heteroatoms. The summed E-state index contributed by atoms with van der Waals surface area (Å²) in [7, 11) is 0. The van der Waals surface area contributed by atoms with E-state index >= 15 is 0 Å². The van der Waals surface area contributed by atoms with Crippen molar-refractivity contribution >= 4 is 0 Å². The number of aliphatic hydroxyl groups excluding tert-OH is 1. The molecule has 0 heterocycles. The SMILES string of the molecule is CCN/C=C\NCC(O)CN. The first-order chi connectivity index (χ1) is 5.31. The van der Waals surface area contributed by atoms with E-state index in [9.17, 15) is 0 Å². The Bertz CT molecular complexity index is 106. The molecule has 0 spiro atoms. The molecule has 4 nitrogen and oxygen atoms in total. The van der Waals surface area contributed by atoms with E-state index in [1.807, 2.05) is 6.92 Å². The average Bonchev–Trinajstić information content (AvgIpc) is 2.04. The Morgan fingerprint density at radius 3 is 2.64 bits per heavy atom. The molecule has 66 valence electrons. The predicted octanol–water partition coefficient (Wildman–Crippen LogP) is -1.02. The zero-order valence-corrected chi connectivity index (χ0v) is 6.88. The number of hydrogen-bond acceptors (Lipinski definition) is 4. The molecule has 0 aliphatic heterocycles. The van der Waals surface area contributed by atoms with Crippen LogP contribution in [-0.4, -0.2) is 30.8 Å². The van der Waals surface area contributed by atoms with Gasteiger partial charge in [0.05, 0.1) is 6.10 Å². The second-order valence-corrected chi connectivity index (χ2v) is 2.19. The standard InChI is InChI=1S/C7H17N3O/c1-2-9-3-4-10-6-7(11)5-8/h3-4,7,9-11H,2,5-6,8H2,1H3/b4-3-. The van der Waals surface area contributed by atoms with Crippen molar-refractivity contribution in [3.63, 3.8) is 0 Å². The van der Waals surface area contributed by atoms with Crippen molar-refractivity contribution in [2.45, 2.75) is 13.0 Å². The number of rotatable bonds is 6. The van der Waals surface area contributed by atoms with Gasteiger partial charge >= 0.3 is 0 Å². The lowest BCUT2D eigenvalue weighted by Gasteiger charge is -2.06. The predicted molar refractivity (Wildman–Crippen MR) is 45.9 cm³/mol. The highest BCUT2D eigenvalue weighted by Gasteiger charge is 1.95. The number of nitrogens with one attached hydrogen (secondary N) is 2. The molecular weight excluding hydrogens is 142 g/mol. The van der Waals surface area contributed by atoms with E-state index in [2.05, 4.69) is 10.6 Å². The van der Waals surface area contributed by atoms with Crippen LogP contribution in [0.4, 0.5) is 0 Å². The Labute approximate surface area is 67.5 Å². The smallest absolute Gasteiger partial charge is 0.0834 e. The van der Waals surface area contributed by atoms with Crippen molar-refractivity contribution in [3.8, 4) is 0 Å². The van der Waals surface area contributed by atoms with Gasteiger partial charge < -0.3 is 21.5 Å². The first-order valence-electron chi connectivity index (χ1n) is 3.81. The second kappa shape index (κ2) is 7.37. The summed E-state index contributed by atoms with van der Waals surface area (Å²) in [5.41, 5.74) is 5.18. The van der Waals surface area contributed by atoms with Crippen LogP contribution in [0.25, 0.3) is 0 Å². The molecule has 1 atom stereocenters. The lowest BCUT2D eigenvalue weighted by atomic mass is 10.4. The summed E-state index contributed by atoms with van der Waals surface area (Å²) >= 11 is 0. The Kier molecular flexibility index (Phi) is 6.87. The Hall–Kier alpha value is -0.740. The van der Waals surface area contributed by atoms with E-state index in [0.717, 1.165) is 6.54 Å². The molecule has 0 saturated carbocycles. The molecule has 1 unspecified atom stereocenters. The zero-order valence-electron chi connectivity index (χ0n) is 6.88. The van der Waals surface area contributed by atoms with Crippen molar-refractivity contribution in [2.75, 3.05) is 19.6 Å². The van der Waals surface area contributed by atoms with Gasteiger partial charge in [-0.25, -0.2) is 0 Å². The van der Waals surface area contributed by atoms with E-state index in [4.69, 9.17) is 10.8 Å². The van der Waals surface area contributed by atoms with Gasteiger partial charge in [-0.15, -0.1) is 0 Å². The third-order valence-electron chi connectivity index (χ3n) is 1.15. The molecule has 0 aliphatic carbocycles. The van der Waals surface area contributed by atoms with Crippen LogP contribution in [0.5, 0.6) is 0 Å². The van der Waals surface area contributed by atoms with E-state index in [0.29, 0.717) is 13.1 Å². The van der Waals surface area contributed by atoms with Crippen LogP contribution in [0.15, 0.2) is 12.4 Å². The van der Waals surface area contributed by atoms with Gasteiger partial charge in [0, 0.05) is 32.0 Å². The summed E-state index contributed by atoms with van der Waals surface area (Å²) in [5.74, 6) is 0. The summed E-state index contributed by atoms with van der Waals surface area (Å²) < 4.78 is 0. The molecule has 0 saturated heterocycles. The molecule has 0 rings (SSSR count). The van der Waals surface area contributed by atoms with Crippen molar-refractivity contribution in [1.29, 1.82) is 0 Å². The fourth-order valence-electron chi connectivity index (χ4n) is 0.523. The second-order valence-electron chi connectivity index (χ2n) is 2.19. The van der Waals surface area contributed by atoms with Gasteiger partial charge in [0.25, 0.3) is 0 Å². The van der Waals surface area contributed by atoms with Crippen LogP contribution in [-0.2, 0) is 0 Å². The van der Waals surface area contributed by atoms with Crippen LogP contribution >= 0.6 is 0 Å². The van der Waals surface area contributed by atoms with E-state index in [1.54, 1.807) is 12.4 Å². The van der Waals surface area contributed by atoms with Gasteiger partial charge in [-0.1, -0.05) is 0 Å². The van der Waals surface area contributed by atoms with Crippen LogP contribution in [0, 0.1) is 0 Å². The molecule has 0 radical (unpaired) electrons. The number of aliphatic hydroxyl groups is 1. The molecule has 0 aromatic carbocycles. The Morgan fingerprint density at radius 2 is 2.09 bits per heavy atom. The van der Waals surface area contributed by atoms with Crippen molar-refractivity contribution in [3.05, 3.63) is 12.4 Å². The minimum Gasteiger partial charge on any atom is -0.390 e. The normalized spacial score (nSPS) is 13.4. The summed E-state index contributed by atoms with van der Waals surface area (Å²) in [4.78, 5) is 0. The van der Waals surface area contributed by atoms with Crippen LogP contribution in [0.1, 0.15) is 6.92 Å². The minimum atomic E-state index is -0.457. The average molecular weight is 159 g/mol. The van der Waals surface area contributed by atoms with Gasteiger partial charge in [0.15, 0.2) is 0 Å². The zero-order chi connectivity index (χ0) is 8.53. The van der Waals surface area contributed by atoms with Crippen molar-refractivity contribution < 1.29 is 5.11 Å². The van der Waals surface area contributed by atoms with E-state index < -0.39 is 6.10 Å². The fraction of sp³-hybridized carbons (Fsp3) is 0.714. The highest BCUT2D eigenvalue weighted by atomic mass is 16.3. The maximum atomic E-state index is 8.97. The maximum absolute atomic E-state index is 8.97. The summed E-state index contributed by atoms with van der Waals surface area (Å²) in [6.45, 7) is 3.71. The number of hydrogen-bond donors (Lipinski definition) is 4. The Balaban J connectivity index is 3.12. The highest BCUT2D eigenvalue weighted by Crippen LogP contribution is 1.73. The largest absolute Gasteiger partial charge is 0.390 e. The minimum absolute atomic E-state index is 0.294. The highest BCUT2D eigenvalue weighted by molar-refractivity contribution is 4.77. The monoisotopic (exact) mass is 159 g/mol. The third kappa shape index (κ3) is 7.15. The summed E-state index contributed by atoms with van der Waals surface area (Å²) in [5, 5.41) is 14.9. The van der Waals surface area contributed by atoms with Gasteiger partial charge in [0.2, 0.25) is 0 Å². The van der Waals surface area contributed by atoms with Crippen molar-refractivity contribution in [2.24, 2.45) is 5.73 Å². The summed E-state index contributed by atoms with van der Waals surface area (Å²) in [6, 6.07) is 0. The molecule has 0 bridgehead atoms. The number of nitrogens with two attached hydrogens (primary N) is 1.